The second kappa shape index (κ2) is 14.2. The molecule has 0 bridgehead atoms. The lowest BCUT2D eigenvalue weighted by molar-refractivity contribution is -0.137. The SMILES string of the molecule is CSc1ccc(C(=O)N[C@H]2CCCC[C@H]2NC(=O)CNC(=O)c2cc(C(F)(F)F)ccc2NC(=O)NC(C)C)cc1. The average Bonchev–Trinajstić information content (AvgIpc) is 2.92. The van der Waals surface area contributed by atoms with E-state index < -0.39 is 41.7 Å². The Morgan fingerprint density at radius 1 is 0.927 bits per heavy atom. The van der Waals surface area contributed by atoms with Gasteiger partial charge < -0.3 is 26.6 Å². The van der Waals surface area contributed by atoms with E-state index in [-0.39, 0.29) is 29.7 Å². The van der Waals surface area contributed by atoms with Gasteiger partial charge in [-0.15, -0.1) is 11.8 Å². The number of anilines is 1. The average molecular weight is 594 g/mol. The van der Waals surface area contributed by atoms with E-state index in [4.69, 9.17) is 0 Å². The maximum Gasteiger partial charge on any atom is 0.416 e. The Bertz CT molecular complexity index is 1250. The second-order valence-electron chi connectivity index (χ2n) is 9.96. The van der Waals surface area contributed by atoms with Crippen molar-refractivity contribution in [2.75, 3.05) is 18.1 Å². The van der Waals surface area contributed by atoms with Crippen molar-refractivity contribution in [3.8, 4) is 0 Å². The fourth-order valence-corrected chi connectivity index (χ4v) is 4.83. The van der Waals surface area contributed by atoms with Crippen LogP contribution in [0.3, 0.4) is 0 Å². The summed E-state index contributed by atoms with van der Waals surface area (Å²) in [6, 6.07) is 7.88. The van der Waals surface area contributed by atoms with E-state index >= 15 is 0 Å². The van der Waals surface area contributed by atoms with Gasteiger partial charge in [0.2, 0.25) is 5.91 Å². The van der Waals surface area contributed by atoms with Crippen molar-refractivity contribution < 1.29 is 32.3 Å². The van der Waals surface area contributed by atoms with Crippen molar-refractivity contribution in [3.05, 3.63) is 59.2 Å². The van der Waals surface area contributed by atoms with Crippen LogP contribution in [0.25, 0.3) is 0 Å². The van der Waals surface area contributed by atoms with Crippen molar-refractivity contribution in [1.82, 2.24) is 21.3 Å². The van der Waals surface area contributed by atoms with Crippen LogP contribution in [-0.2, 0) is 11.0 Å². The summed E-state index contributed by atoms with van der Waals surface area (Å²) >= 11 is 1.56. The Morgan fingerprint density at radius 2 is 1.56 bits per heavy atom. The smallest absolute Gasteiger partial charge is 0.350 e. The number of thioether (sulfide) groups is 1. The number of carbonyl (C=O) groups excluding carboxylic acids is 4. The van der Waals surface area contributed by atoms with Gasteiger partial charge in [-0.1, -0.05) is 12.8 Å². The molecule has 2 aromatic carbocycles. The van der Waals surface area contributed by atoms with Gasteiger partial charge in [0, 0.05) is 28.6 Å². The highest BCUT2D eigenvalue weighted by molar-refractivity contribution is 7.98. The predicted octanol–water partition coefficient (Wildman–Crippen LogP) is 4.54. The molecular weight excluding hydrogens is 559 g/mol. The molecule has 2 aromatic rings. The Morgan fingerprint density at radius 3 is 2.15 bits per heavy atom. The monoisotopic (exact) mass is 593 g/mol. The van der Waals surface area contributed by atoms with Crippen LogP contribution in [0.1, 0.15) is 65.8 Å². The molecule has 1 fully saturated rings. The Kier molecular flexibility index (Phi) is 11.0. The van der Waals surface area contributed by atoms with E-state index in [0.29, 0.717) is 24.5 Å². The summed E-state index contributed by atoms with van der Waals surface area (Å²) in [6.45, 7) is 2.88. The van der Waals surface area contributed by atoms with Crippen LogP contribution in [-0.4, -0.2) is 54.7 Å². The lowest BCUT2D eigenvalue weighted by Crippen LogP contribution is -2.54. The van der Waals surface area contributed by atoms with Gasteiger partial charge in [0.15, 0.2) is 0 Å². The first-order valence-corrected chi connectivity index (χ1v) is 14.4. The zero-order valence-corrected chi connectivity index (χ0v) is 23.8. The van der Waals surface area contributed by atoms with Gasteiger partial charge in [0.1, 0.15) is 0 Å². The molecule has 1 aliphatic rings. The molecule has 0 spiro atoms. The van der Waals surface area contributed by atoms with E-state index in [0.717, 1.165) is 29.9 Å². The Labute approximate surface area is 240 Å². The summed E-state index contributed by atoms with van der Waals surface area (Å²) in [6.07, 6.45) is 0.197. The molecule has 0 radical (unpaired) electrons. The predicted molar refractivity (Wildman–Crippen MR) is 151 cm³/mol. The minimum Gasteiger partial charge on any atom is -0.350 e. The number of rotatable bonds is 9. The van der Waals surface area contributed by atoms with Crippen molar-refractivity contribution in [2.45, 2.75) is 68.7 Å². The maximum absolute atomic E-state index is 13.3. The molecule has 41 heavy (non-hydrogen) atoms. The Hall–Kier alpha value is -3.74. The number of amides is 5. The molecule has 0 aliphatic heterocycles. The molecule has 5 N–H and O–H groups in total. The highest BCUT2D eigenvalue weighted by Gasteiger charge is 2.32. The molecule has 13 heteroatoms. The molecule has 9 nitrogen and oxygen atoms in total. The molecule has 0 aromatic heterocycles. The molecule has 5 amide bonds. The highest BCUT2D eigenvalue weighted by Crippen LogP contribution is 2.32. The van der Waals surface area contributed by atoms with Crippen LogP contribution in [0.2, 0.25) is 0 Å². The zero-order valence-electron chi connectivity index (χ0n) is 23.0. The molecule has 0 unspecified atom stereocenters. The van der Waals surface area contributed by atoms with Gasteiger partial charge in [0.25, 0.3) is 11.8 Å². The number of hydrogen-bond donors (Lipinski definition) is 5. The molecule has 2 atom stereocenters. The van der Waals surface area contributed by atoms with Gasteiger partial charge in [-0.3, -0.25) is 14.4 Å². The summed E-state index contributed by atoms with van der Waals surface area (Å²) in [4.78, 5) is 51.5. The highest BCUT2D eigenvalue weighted by atomic mass is 32.2. The summed E-state index contributed by atoms with van der Waals surface area (Å²) in [5.41, 5.74) is -1.17. The van der Waals surface area contributed by atoms with E-state index in [1.54, 1.807) is 37.7 Å². The van der Waals surface area contributed by atoms with Crippen LogP contribution in [0, 0.1) is 0 Å². The Balaban J connectivity index is 1.64. The summed E-state index contributed by atoms with van der Waals surface area (Å²) < 4.78 is 39.9. The fourth-order valence-electron chi connectivity index (χ4n) is 4.42. The third kappa shape index (κ3) is 9.41. The third-order valence-electron chi connectivity index (χ3n) is 6.45. The van der Waals surface area contributed by atoms with Gasteiger partial charge in [-0.2, -0.15) is 13.2 Å². The number of benzene rings is 2. The second-order valence-corrected chi connectivity index (χ2v) is 10.8. The standard InChI is InChI=1S/C28H34F3N5O4S/c1-16(2)33-27(40)36-21-13-10-18(28(29,30)31)14-20(21)26(39)32-15-24(37)34-22-6-4-5-7-23(22)35-25(38)17-8-11-19(41-3)12-9-17/h8-14,16,22-23H,4-7,15H2,1-3H3,(H,32,39)(H,34,37)(H,35,38)(H2,33,36,40)/t22-,23+/m1/s1. The van der Waals surface area contributed by atoms with Crippen molar-refractivity contribution in [2.24, 2.45) is 0 Å². The normalized spacial score (nSPS) is 17.0. The largest absolute Gasteiger partial charge is 0.416 e. The number of hydrogen-bond acceptors (Lipinski definition) is 5. The number of nitrogens with one attached hydrogen (secondary N) is 5. The summed E-state index contributed by atoms with van der Waals surface area (Å²) in [5.74, 6) is -1.79. The van der Waals surface area contributed by atoms with Crippen LogP contribution in [0.5, 0.6) is 0 Å². The first-order chi connectivity index (χ1) is 19.4. The van der Waals surface area contributed by atoms with Crippen LogP contribution < -0.4 is 26.6 Å². The molecule has 1 aliphatic carbocycles. The molecule has 222 valence electrons. The molecular formula is C28H34F3N5O4S. The summed E-state index contributed by atoms with van der Waals surface area (Å²) in [5, 5.41) is 13.0. The molecule has 3 rings (SSSR count). The lowest BCUT2D eigenvalue weighted by atomic mass is 9.90. The zero-order chi connectivity index (χ0) is 30.2. The number of halogens is 3. The van der Waals surface area contributed by atoms with Gasteiger partial charge in [-0.25, -0.2) is 4.79 Å². The van der Waals surface area contributed by atoms with Gasteiger partial charge in [-0.05, 0) is 75.4 Å². The molecule has 0 saturated heterocycles. The number of alkyl halides is 3. The van der Waals surface area contributed by atoms with Crippen LogP contribution in [0.4, 0.5) is 23.7 Å². The van der Waals surface area contributed by atoms with Crippen molar-refractivity contribution in [3.63, 3.8) is 0 Å². The van der Waals surface area contributed by atoms with E-state index in [1.807, 2.05) is 18.4 Å². The van der Waals surface area contributed by atoms with E-state index in [2.05, 4.69) is 26.6 Å². The van der Waals surface area contributed by atoms with E-state index in [9.17, 15) is 32.3 Å². The minimum atomic E-state index is -4.72. The molecule has 0 heterocycles. The lowest BCUT2D eigenvalue weighted by Gasteiger charge is -2.33. The van der Waals surface area contributed by atoms with Crippen molar-refractivity contribution in [1.29, 1.82) is 0 Å². The topological polar surface area (TPSA) is 128 Å². The quantitative estimate of drug-likeness (QED) is 0.273. The van der Waals surface area contributed by atoms with Crippen molar-refractivity contribution >= 4 is 41.2 Å². The maximum atomic E-state index is 13.3. The van der Waals surface area contributed by atoms with E-state index in [1.165, 1.54) is 0 Å². The van der Waals surface area contributed by atoms with Crippen LogP contribution >= 0.6 is 11.8 Å². The summed E-state index contributed by atoms with van der Waals surface area (Å²) in [7, 11) is 0. The first-order valence-electron chi connectivity index (χ1n) is 13.2. The number of urea groups is 1. The molecule has 1 saturated carbocycles. The van der Waals surface area contributed by atoms with Crippen LogP contribution in [0.15, 0.2) is 47.4 Å². The minimum absolute atomic E-state index is 0.144. The van der Waals surface area contributed by atoms with Gasteiger partial charge in [0.05, 0.1) is 23.4 Å². The first kappa shape index (κ1) is 31.8. The number of carbonyl (C=O) groups is 4. The van der Waals surface area contributed by atoms with Gasteiger partial charge >= 0.3 is 12.2 Å². The fraction of sp³-hybridized carbons (Fsp3) is 0.429. The third-order valence-corrected chi connectivity index (χ3v) is 7.19.